The zero-order valence-corrected chi connectivity index (χ0v) is 12.3. The summed E-state index contributed by atoms with van der Waals surface area (Å²) in [5.41, 5.74) is 4.97. The molecule has 1 aliphatic carbocycles. The molecule has 3 aliphatic rings. The Morgan fingerprint density at radius 2 is 2.14 bits per heavy atom. The highest BCUT2D eigenvalue weighted by Gasteiger charge is 2.54. The molecule has 2 amide bonds. The van der Waals surface area contributed by atoms with Crippen molar-refractivity contribution < 1.29 is 14.8 Å². The van der Waals surface area contributed by atoms with E-state index in [1.54, 1.807) is 4.90 Å². The van der Waals surface area contributed by atoms with Gasteiger partial charge in [-0.2, -0.15) is 0 Å². The lowest BCUT2D eigenvalue weighted by Crippen LogP contribution is -2.62. The molecule has 3 N–H and O–H groups in total. The first kappa shape index (κ1) is 14.2. The summed E-state index contributed by atoms with van der Waals surface area (Å²) in [4.78, 5) is 28.2. The van der Waals surface area contributed by atoms with E-state index in [0.29, 0.717) is 44.8 Å². The Morgan fingerprint density at radius 3 is 2.76 bits per heavy atom. The molecule has 2 saturated heterocycles. The van der Waals surface area contributed by atoms with Gasteiger partial charge in [0, 0.05) is 32.1 Å². The van der Waals surface area contributed by atoms with E-state index in [0.717, 1.165) is 6.42 Å². The number of carbonyl (C=O) groups is 2. The van der Waals surface area contributed by atoms with Gasteiger partial charge in [-0.3, -0.25) is 9.59 Å². The van der Waals surface area contributed by atoms with E-state index in [2.05, 4.69) is 12.1 Å². The van der Waals surface area contributed by atoms with Crippen molar-refractivity contribution in [2.75, 3.05) is 19.6 Å². The van der Waals surface area contributed by atoms with Crippen LogP contribution in [0.2, 0.25) is 0 Å². The first-order valence-electron chi connectivity index (χ1n) is 7.55. The molecule has 0 aromatic heterocycles. The third kappa shape index (κ3) is 2.06. The number of carbonyl (C=O) groups excluding carboxylic acids is 2. The molecule has 0 bridgehead atoms. The molecule has 0 radical (unpaired) electrons. The van der Waals surface area contributed by atoms with Gasteiger partial charge in [0.1, 0.15) is 5.41 Å². The molecule has 3 fully saturated rings. The number of hydrogen-bond donors (Lipinski definition) is 2. The summed E-state index contributed by atoms with van der Waals surface area (Å²) in [5, 5.41) is 12.1. The maximum Gasteiger partial charge on any atom is 0.236 e. The molecule has 2 aliphatic heterocycles. The first-order valence-corrected chi connectivity index (χ1v) is 7.55. The summed E-state index contributed by atoms with van der Waals surface area (Å²) >= 11 is 0. The van der Waals surface area contributed by atoms with Crippen molar-refractivity contribution in [2.24, 2.45) is 22.2 Å². The standard InChI is InChI=1S/C14H22N4O3/c1-9-6-14(7-9,12(15)16-21)13(20)17-4-5-18-10(8-17)2-3-11(18)19/h9-10,21H,2-8H2,1H3,(H2,15,16). The van der Waals surface area contributed by atoms with Crippen molar-refractivity contribution in [3.05, 3.63) is 0 Å². The summed E-state index contributed by atoms with van der Waals surface area (Å²) in [7, 11) is 0. The van der Waals surface area contributed by atoms with Gasteiger partial charge in [-0.15, -0.1) is 0 Å². The average Bonchev–Trinajstić information content (AvgIpc) is 2.83. The summed E-state index contributed by atoms with van der Waals surface area (Å²) in [5.74, 6) is 0.574. The Labute approximate surface area is 123 Å². The summed E-state index contributed by atoms with van der Waals surface area (Å²) in [6.45, 7) is 3.76. The molecule has 0 aromatic carbocycles. The van der Waals surface area contributed by atoms with Gasteiger partial charge in [0.2, 0.25) is 11.8 Å². The van der Waals surface area contributed by atoms with E-state index in [1.165, 1.54) is 0 Å². The van der Waals surface area contributed by atoms with Gasteiger partial charge in [-0.25, -0.2) is 0 Å². The monoisotopic (exact) mass is 294 g/mol. The van der Waals surface area contributed by atoms with Crippen LogP contribution < -0.4 is 5.73 Å². The Kier molecular flexibility index (Phi) is 3.30. The van der Waals surface area contributed by atoms with Crippen LogP contribution in [-0.4, -0.2) is 58.3 Å². The summed E-state index contributed by atoms with van der Waals surface area (Å²) in [6, 6.07) is 0.136. The van der Waals surface area contributed by atoms with E-state index < -0.39 is 5.41 Å². The van der Waals surface area contributed by atoms with Crippen molar-refractivity contribution in [3.8, 4) is 0 Å². The minimum atomic E-state index is -0.834. The quantitative estimate of drug-likeness (QED) is 0.323. The molecule has 3 rings (SSSR count). The molecule has 0 spiro atoms. The molecule has 2 heterocycles. The fourth-order valence-corrected chi connectivity index (χ4v) is 4.07. The molecule has 21 heavy (non-hydrogen) atoms. The van der Waals surface area contributed by atoms with Gasteiger partial charge < -0.3 is 20.7 Å². The maximum absolute atomic E-state index is 12.9. The Morgan fingerprint density at radius 1 is 1.43 bits per heavy atom. The summed E-state index contributed by atoms with van der Waals surface area (Å²) < 4.78 is 0. The van der Waals surface area contributed by atoms with E-state index >= 15 is 0 Å². The highest BCUT2D eigenvalue weighted by molar-refractivity contribution is 6.07. The van der Waals surface area contributed by atoms with Crippen LogP contribution in [0.1, 0.15) is 32.6 Å². The molecule has 1 atom stereocenters. The SMILES string of the molecule is CC1CC(C(=O)N2CCN3C(=O)CCC3C2)(C(N)=NO)C1. The molecule has 7 heteroatoms. The fraction of sp³-hybridized carbons (Fsp3) is 0.786. The minimum Gasteiger partial charge on any atom is -0.409 e. The average molecular weight is 294 g/mol. The largest absolute Gasteiger partial charge is 0.409 e. The number of nitrogens with two attached hydrogens (primary N) is 1. The smallest absolute Gasteiger partial charge is 0.236 e. The van der Waals surface area contributed by atoms with Crippen molar-refractivity contribution >= 4 is 17.6 Å². The second-order valence-corrected chi connectivity index (χ2v) is 6.61. The number of amides is 2. The summed E-state index contributed by atoms with van der Waals surface area (Å²) in [6.07, 6.45) is 2.65. The second kappa shape index (κ2) is 4.89. The van der Waals surface area contributed by atoms with Gasteiger partial charge >= 0.3 is 0 Å². The van der Waals surface area contributed by atoms with Crippen LogP contribution in [0.3, 0.4) is 0 Å². The molecule has 7 nitrogen and oxygen atoms in total. The van der Waals surface area contributed by atoms with Gasteiger partial charge in [0.05, 0.1) is 0 Å². The second-order valence-electron chi connectivity index (χ2n) is 6.61. The van der Waals surface area contributed by atoms with Crippen molar-refractivity contribution in [1.29, 1.82) is 0 Å². The van der Waals surface area contributed by atoms with Gasteiger partial charge in [-0.1, -0.05) is 12.1 Å². The predicted molar refractivity (Wildman–Crippen MR) is 75.6 cm³/mol. The molecule has 116 valence electrons. The Balaban J connectivity index is 1.75. The number of fused-ring (bicyclic) bond motifs is 1. The van der Waals surface area contributed by atoms with Crippen LogP contribution in [0.4, 0.5) is 0 Å². The lowest BCUT2D eigenvalue weighted by molar-refractivity contribution is -0.149. The maximum atomic E-state index is 12.9. The fourth-order valence-electron chi connectivity index (χ4n) is 4.07. The number of hydrogen-bond acceptors (Lipinski definition) is 4. The molecule has 1 unspecified atom stereocenters. The normalized spacial score (nSPS) is 36.4. The minimum absolute atomic E-state index is 0.0236. The number of nitrogens with zero attached hydrogens (tertiary/aromatic N) is 3. The van der Waals surface area contributed by atoms with Crippen LogP contribution in [0.15, 0.2) is 5.16 Å². The van der Waals surface area contributed by atoms with Crippen LogP contribution in [0, 0.1) is 11.3 Å². The van der Waals surface area contributed by atoms with E-state index in [-0.39, 0.29) is 23.7 Å². The number of rotatable bonds is 2. The third-order valence-corrected chi connectivity index (χ3v) is 5.18. The topological polar surface area (TPSA) is 99.2 Å². The van der Waals surface area contributed by atoms with Crippen molar-refractivity contribution in [2.45, 2.75) is 38.6 Å². The lowest BCUT2D eigenvalue weighted by atomic mass is 9.61. The highest BCUT2D eigenvalue weighted by Crippen LogP contribution is 2.47. The number of amidine groups is 1. The van der Waals surface area contributed by atoms with Crippen molar-refractivity contribution in [1.82, 2.24) is 9.80 Å². The zero-order chi connectivity index (χ0) is 15.2. The van der Waals surface area contributed by atoms with Gasteiger partial charge in [0.25, 0.3) is 0 Å². The predicted octanol–water partition coefficient (Wildman–Crippen LogP) is -0.0177. The van der Waals surface area contributed by atoms with Gasteiger partial charge in [-0.05, 0) is 25.2 Å². The molecule has 0 aromatic rings. The van der Waals surface area contributed by atoms with Crippen LogP contribution in [-0.2, 0) is 9.59 Å². The molecular formula is C14H22N4O3. The van der Waals surface area contributed by atoms with Crippen LogP contribution >= 0.6 is 0 Å². The lowest BCUT2D eigenvalue weighted by Gasteiger charge is -2.48. The highest BCUT2D eigenvalue weighted by atomic mass is 16.4. The third-order valence-electron chi connectivity index (χ3n) is 5.18. The number of piperazine rings is 1. The first-order chi connectivity index (χ1) is 9.98. The van der Waals surface area contributed by atoms with E-state index in [9.17, 15) is 9.59 Å². The Bertz CT molecular complexity index is 498. The van der Waals surface area contributed by atoms with Crippen LogP contribution in [0.5, 0.6) is 0 Å². The van der Waals surface area contributed by atoms with Crippen LogP contribution in [0.25, 0.3) is 0 Å². The zero-order valence-electron chi connectivity index (χ0n) is 12.3. The molecule has 1 saturated carbocycles. The molecular weight excluding hydrogens is 272 g/mol. The van der Waals surface area contributed by atoms with Crippen molar-refractivity contribution in [3.63, 3.8) is 0 Å². The Hall–Kier alpha value is -1.79. The van der Waals surface area contributed by atoms with E-state index in [1.807, 2.05) is 4.90 Å². The van der Waals surface area contributed by atoms with E-state index in [4.69, 9.17) is 10.9 Å². The van der Waals surface area contributed by atoms with Gasteiger partial charge in [0.15, 0.2) is 5.84 Å². The number of oxime groups is 1.